The summed E-state index contributed by atoms with van der Waals surface area (Å²) in [5.41, 5.74) is 1.05. The van der Waals surface area contributed by atoms with Crippen LogP contribution in [0.2, 0.25) is 0 Å². The maximum absolute atomic E-state index is 12.9. The molecule has 0 saturated carbocycles. The van der Waals surface area contributed by atoms with Crippen molar-refractivity contribution in [3.8, 4) is 0 Å². The van der Waals surface area contributed by atoms with Gasteiger partial charge in [0.2, 0.25) is 5.76 Å². The Kier molecular flexibility index (Phi) is 3.96. The van der Waals surface area contributed by atoms with Crippen molar-refractivity contribution in [2.75, 3.05) is 0 Å². The van der Waals surface area contributed by atoms with E-state index in [0.717, 1.165) is 0 Å². The van der Waals surface area contributed by atoms with Gasteiger partial charge in [-0.2, -0.15) is 13.2 Å². The van der Waals surface area contributed by atoms with Gasteiger partial charge in [-0.25, -0.2) is 4.98 Å². The van der Waals surface area contributed by atoms with Gasteiger partial charge in [-0.15, -0.1) is 0 Å². The van der Waals surface area contributed by atoms with Crippen LogP contribution in [0.25, 0.3) is 11.0 Å². The number of furan rings is 1. The molecule has 2 heterocycles. The number of nitrogens with zero attached hydrogens (tertiary/aromatic N) is 2. The molecule has 1 aromatic carbocycles. The average molecular weight is 335 g/mol. The largest absolute Gasteiger partial charge is 0.456 e. The van der Waals surface area contributed by atoms with Crippen molar-refractivity contribution in [1.29, 1.82) is 0 Å². The molecule has 0 saturated heterocycles. The van der Waals surface area contributed by atoms with E-state index in [-0.39, 0.29) is 23.6 Å². The van der Waals surface area contributed by atoms with Crippen molar-refractivity contribution in [1.82, 2.24) is 15.3 Å². The van der Waals surface area contributed by atoms with Crippen molar-refractivity contribution in [2.45, 2.75) is 19.6 Å². The topological polar surface area (TPSA) is 68.0 Å². The van der Waals surface area contributed by atoms with E-state index in [1.54, 1.807) is 24.3 Å². The van der Waals surface area contributed by atoms with Crippen molar-refractivity contribution in [3.63, 3.8) is 0 Å². The lowest BCUT2D eigenvalue weighted by molar-refractivity contribution is -0.154. The van der Waals surface area contributed by atoms with E-state index in [2.05, 4.69) is 19.7 Å². The Morgan fingerprint density at radius 1 is 1.25 bits per heavy atom. The van der Waals surface area contributed by atoms with Gasteiger partial charge in [-0.05, 0) is 25.1 Å². The number of nitrogens with one attached hydrogen (secondary N) is 1. The number of carbonyl (C=O) groups is 1. The molecule has 1 amide bonds. The third-order valence-electron chi connectivity index (χ3n) is 3.31. The predicted octanol–water partition coefficient (Wildman–Crippen LogP) is 3.48. The van der Waals surface area contributed by atoms with Crippen molar-refractivity contribution in [3.05, 3.63) is 59.3 Å². The fraction of sp³-hybridized carbons (Fsp3) is 0.188. The molecule has 0 bridgehead atoms. The zero-order chi connectivity index (χ0) is 17.3. The molecule has 24 heavy (non-hydrogen) atoms. The Balaban J connectivity index is 1.78. The number of fused-ring (bicyclic) bond motifs is 1. The minimum absolute atomic E-state index is 0.0301. The summed E-state index contributed by atoms with van der Waals surface area (Å²) in [7, 11) is 0. The number of rotatable bonds is 3. The van der Waals surface area contributed by atoms with Gasteiger partial charge < -0.3 is 9.73 Å². The van der Waals surface area contributed by atoms with Crippen LogP contribution in [0.4, 0.5) is 13.2 Å². The summed E-state index contributed by atoms with van der Waals surface area (Å²) >= 11 is 0. The highest BCUT2D eigenvalue weighted by Gasteiger charge is 2.38. The molecular formula is C16H12F3N3O2. The molecule has 2 aromatic heterocycles. The number of hydrogen-bond acceptors (Lipinski definition) is 4. The molecule has 0 aliphatic rings. The smallest absolute Gasteiger partial charge is 0.449 e. The second-order valence-electron chi connectivity index (χ2n) is 5.14. The molecule has 3 rings (SSSR count). The van der Waals surface area contributed by atoms with E-state index < -0.39 is 17.8 Å². The number of para-hydroxylation sites is 2. The highest BCUT2D eigenvalue weighted by molar-refractivity contribution is 5.93. The van der Waals surface area contributed by atoms with E-state index in [9.17, 15) is 18.0 Å². The standard InChI is InChI=1S/C16H12F3N3O2/c1-9-6-10(14(24-9)16(17,18)19)7-21-15(23)13-8-20-11-4-2-3-5-12(11)22-13/h2-6,8H,7H2,1H3,(H,21,23). The average Bonchev–Trinajstić information content (AvgIpc) is 2.93. The van der Waals surface area contributed by atoms with Crippen molar-refractivity contribution >= 4 is 16.9 Å². The molecule has 8 heteroatoms. The van der Waals surface area contributed by atoms with Crippen LogP contribution in [0.5, 0.6) is 0 Å². The van der Waals surface area contributed by atoms with Crippen LogP contribution in [-0.2, 0) is 12.7 Å². The highest BCUT2D eigenvalue weighted by Crippen LogP contribution is 2.33. The number of alkyl halides is 3. The first-order valence-corrected chi connectivity index (χ1v) is 7.01. The number of amides is 1. The Morgan fingerprint density at radius 3 is 2.67 bits per heavy atom. The Hall–Kier alpha value is -2.90. The van der Waals surface area contributed by atoms with E-state index in [0.29, 0.717) is 11.0 Å². The lowest BCUT2D eigenvalue weighted by atomic mass is 10.2. The predicted molar refractivity (Wildman–Crippen MR) is 79.2 cm³/mol. The molecular weight excluding hydrogens is 323 g/mol. The zero-order valence-electron chi connectivity index (χ0n) is 12.5. The summed E-state index contributed by atoms with van der Waals surface area (Å²) in [4.78, 5) is 20.3. The summed E-state index contributed by atoms with van der Waals surface area (Å²) in [6.45, 7) is 1.09. The van der Waals surface area contributed by atoms with Crippen LogP contribution in [0.15, 0.2) is 40.9 Å². The van der Waals surface area contributed by atoms with E-state index in [1.165, 1.54) is 19.2 Å². The number of carbonyl (C=O) groups excluding carboxylic acids is 1. The molecule has 124 valence electrons. The van der Waals surface area contributed by atoms with Gasteiger partial charge in [0.05, 0.1) is 17.2 Å². The highest BCUT2D eigenvalue weighted by atomic mass is 19.4. The maximum Gasteiger partial charge on any atom is 0.449 e. The number of aromatic nitrogens is 2. The van der Waals surface area contributed by atoms with Crippen LogP contribution in [0.1, 0.15) is 27.6 Å². The Morgan fingerprint density at radius 2 is 1.96 bits per heavy atom. The van der Waals surface area contributed by atoms with Crippen LogP contribution in [-0.4, -0.2) is 15.9 Å². The van der Waals surface area contributed by atoms with Gasteiger partial charge in [0.25, 0.3) is 5.91 Å². The fourth-order valence-electron chi connectivity index (χ4n) is 2.27. The number of aryl methyl sites for hydroxylation is 1. The molecule has 0 unspecified atom stereocenters. The quantitative estimate of drug-likeness (QED) is 0.796. The summed E-state index contributed by atoms with van der Waals surface area (Å²) in [6, 6.07) is 8.22. The Bertz CT molecular complexity index is 903. The minimum atomic E-state index is -4.61. The first-order chi connectivity index (χ1) is 11.3. The molecule has 0 spiro atoms. The normalized spacial score (nSPS) is 11.7. The Labute approximate surface area is 134 Å². The third-order valence-corrected chi connectivity index (χ3v) is 3.31. The fourth-order valence-corrected chi connectivity index (χ4v) is 2.27. The minimum Gasteiger partial charge on any atom is -0.456 e. The molecule has 1 N–H and O–H groups in total. The van der Waals surface area contributed by atoms with Gasteiger partial charge in [-0.3, -0.25) is 9.78 Å². The van der Waals surface area contributed by atoms with Crippen molar-refractivity contribution < 1.29 is 22.4 Å². The summed E-state index contributed by atoms with van der Waals surface area (Å²) in [5.74, 6) is -1.60. The lowest BCUT2D eigenvalue weighted by Gasteiger charge is -2.07. The van der Waals surface area contributed by atoms with Crippen LogP contribution in [0, 0.1) is 6.92 Å². The molecule has 0 atom stereocenters. The van der Waals surface area contributed by atoms with Gasteiger partial charge in [0.1, 0.15) is 11.5 Å². The van der Waals surface area contributed by atoms with Gasteiger partial charge in [0, 0.05) is 12.1 Å². The first-order valence-electron chi connectivity index (χ1n) is 7.01. The van der Waals surface area contributed by atoms with Crippen LogP contribution < -0.4 is 5.32 Å². The molecule has 3 aromatic rings. The van der Waals surface area contributed by atoms with E-state index in [4.69, 9.17) is 0 Å². The maximum atomic E-state index is 12.9. The summed E-state index contributed by atoms with van der Waals surface area (Å²) in [6.07, 6.45) is -3.33. The molecule has 0 radical (unpaired) electrons. The van der Waals surface area contributed by atoms with Crippen LogP contribution >= 0.6 is 0 Å². The number of benzene rings is 1. The molecule has 5 nitrogen and oxygen atoms in total. The molecule has 0 aliphatic carbocycles. The van der Waals surface area contributed by atoms with Gasteiger partial charge >= 0.3 is 6.18 Å². The van der Waals surface area contributed by atoms with Crippen molar-refractivity contribution in [2.24, 2.45) is 0 Å². The lowest BCUT2D eigenvalue weighted by Crippen LogP contribution is -2.25. The first kappa shape index (κ1) is 16.0. The SMILES string of the molecule is Cc1cc(CNC(=O)c2cnc3ccccc3n2)c(C(F)(F)F)o1. The molecule has 0 aliphatic heterocycles. The zero-order valence-corrected chi connectivity index (χ0v) is 12.5. The van der Waals surface area contributed by atoms with Gasteiger partial charge in [0.15, 0.2) is 0 Å². The van der Waals surface area contributed by atoms with Crippen LogP contribution in [0.3, 0.4) is 0 Å². The monoisotopic (exact) mass is 335 g/mol. The van der Waals surface area contributed by atoms with Gasteiger partial charge in [-0.1, -0.05) is 12.1 Å². The second kappa shape index (κ2) is 5.95. The van der Waals surface area contributed by atoms with E-state index in [1.807, 2.05) is 0 Å². The van der Waals surface area contributed by atoms with E-state index >= 15 is 0 Å². The third kappa shape index (κ3) is 3.22. The number of halogens is 3. The summed E-state index contributed by atoms with van der Waals surface area (Å²) in [5, 5.41) is 2.40. The number of hydrogen-bond donors (Lipinski definition) is 1. The second-order valence-corrected chi connectivity index (χ2v) is 5.14. The molecule has 0 fully saturated rings. The summed E-state index contributed by atoms with van der Waals surface area (Å²) < 4.78 is 43.2.